The number of aryl methyl sites for hydroxylation is 1. The minimum absolute atomic E-state index is 0.139. The van der Waals surface area contributed by atoms with E-state index in [4.69, 9.17) is 4.74 Å². The van der Waals surface area contributed by atoms with Crippen LogP contribution in [0.25, 0.3) is 0 Å². The van der Waals surface area contributed by atoms with Gasteiger partial charge in [0.2, 0.25) is 0 Å². The molecular weight excluding hydrogens is 264 g/mol. The molecule has 0 saturated carbocycles. The van der Waals surface area contributed by atoms with Gasteiger partial charge in [0.05, 0.1) is 18.3 Å². The van der Waals surface area contributed by atoms with Crippen LogP contribution in [0.5, 0.6) is 0 Å². The Hall–Kier alpha value is -1.36. The molecule has 1 aromatic rings. The number of ether oxygens (including phenoxy) is 1. The SMILES string of the molecule is CCOC(=O)C(C)c1ccc(CCS(C)(=O)=O)cc1. The van der Waals surface area contributed by atoms with Crippen LogP contribution in [0.2, 0.25) is 0 Å². The van der Waals surface area contributed by atoms with Gasteiger partial charge in [-0.05, 0) is 31.4 Å². The summed E-state index contributed by atoms with van der Waals surface area (Å²) >= 11 is 0. The summed E-state index contributed by atoms with van der Waals surface area (Å²) in [5.74, 6) is -0.407. The van der Waals surface area contributed by atoms with E-state index in [1.807, 2.05) is 24.3 Å². The van der Waals surface area contributed by atoms with Crippen LogP contribution in [0.3, 0.4) is 0 Å². The largest absolute Gasteiger partial charge is 0.466 e. The van der Waals surface area contributed by atoms with Gasteiger partial charge >= 0.3 is 5.97 Å². The Bertz CT molecular complexity index is 517. The normalized spacial score (nSPS) is 13.0. The highest BCUT2D eigenvalue weighted by molar-refractivity contribution is 7.90. The molecule has 1 unspecified atom stereocenters. The monoisotopic (exact) mass is 284 g/mol. The van der Waals surface area contributed by atoms with Crippen LogP contribution in [-0.4, -0.2) is 33.0 Å². The van der Waals surface area contributed by atoms with Gasteiger partial charge in [0, 0.05) is 6.26 Å². The van der Waals surface area contributed by atoms with Crippen LogP contribution in [0.15, 0.2) is 24.3 Å². The van der Waals surface area contributed by atoms with Crippen LogP contribution in [0.4, 0.5) is 0 Å². The molecule has 0 fully saturated rings. The topological polar surface area (TPSA) is 60.4 Å². The maximum atomic E-state index is 11.6. The van der Waals surface area contributed by atoms with Gasteiger partial charge in [0.1, 0.15) is 9.84 Å². The van der Waals surface area contributed by atoms with E-state index in [1.54, 1.807) is 13.8 Å². The van der Waals surface area contributed by atoms with Crippen LogP contribution >= 0.6 is 0 Å². The Kier molecular flexibility index (Phi) is 5.54. The fraction of sp³-hybridized carbons (Fsp3) is 0.500. The summed E-state index contributed by atoms with van der Waals surface area (Å²) in [6.07, 6.45) is 1.72. The molecule has 0 radical (unpaired) electrons. The van der Waals surface area contributed by atoms with Crippen molar-refractivity contribution in [2.45, 2.75) is 26.2 Å². The molecule has 0 aromatic heterocycles. The van der Waals surface area contributed by atoms with Crippen LogP contribution < -0.4 is 0 Å². The Labute approximate surface area is 114 Å². The minimum Gasteiger partial charge on any atom is -0.466 e. The van der Waals surface area contributed by atoms with E-state index in [1.165, 1.54) is 6.26 Å². The van der Waals surface area contributed by atoms with Gasteiger partial charge in [-0.15, -0.1) is 0 Å². The second kappa shape index (κ2) is 6.70. The van der Waals surface area contributed by atoms with Crippen LogP contribution in [-0.2, 0) is 25.8 Å². The number of rotatable bonds is 6. The first-order valence-electron chi connectivity index (χ1n) is 6.26. The third kappa shape index (κ3) is 5.42. The van der Waals surface area contributed by atoms with Gasteiger partial charge in [0.15, 0.2) is 0 Å². The molecule has 0 saturated heterocycles. The van der Waals surface area contributed by atoms with E-state index >= 15 is 0 Å². The van der Waals surface area contributed by atoms with Gasteiger partial charge in [-0.1, -0.05) is 24.3 Å². The summed E-state index contributed by atoms with van der Waals surface area (Å²) in [4.78, 5) is 11.6. The smallest absolute Gasteiger partial charge is 0.313 e. The van der Waals surface area contributed by atoms with Crippen molar-refractivity contribution in [1.82, 2.24) is 0 Å². The molecule has 0 amide bonds. The van der Waals surface area contributed by atoms with E-state index in [9.17, 15) is 13.2 Å². The van der Waals surface area contributed by atoms with Crippen molar-refractivity contribution >= 4 is 15.8 Å². The van der Waals surface area contributed by atoms with Crippen LogP contribution in [0, 0.1) is 0 Å². The van der Waals surface area contributed by atoms with Crippen molar-refractivity contribution in [2.75, 3.05) is 18.6 Å². The number of hydrogen-bond donors (Lipinski definition) is 0. The Morgan fingerprint density at radius 1 is 1.26 bits per heavy atom. The molecule has 1 rings (SSSR count). The molecular formula is C14H20O4S. The summed E-state index contributed by atoms with van der Waals surface area (Å²) < 4.78 is 27.1. The third-order valence-corrected chi connectivity index (χ3v) is 3.83. The van der Waals surface area contributed by atoms with Crippen molar-refractivity contribution < 1.29 is 17.9 Å². The zero-order chi connectivity index (χ0) is 14.5. The maximum absolute atomic E-state index is 11.6. The summed E-state index contributed by atoms with van der Waals surface area (Å²) in [5, 5.41) is 0. The highest BCUT2D eigenvalue weighted by Gasteiger charge is 2.16. The standard InChI is InChI=1S/C14H20O4S/c1-4-18-14(15)11(2)13-7-5-12(6-8-13)9-10-19(3,16)17/h5-8,11H,4,9-10H2,1-3H3. The molecule has 5 heteroatoms. The Morgan fingerprint density at radius 2 is 1.84 bits per heavy atom. The number of sulfone groups is 1. The number of esters is 1. The highest BCUT2D eigenvalue weighted by Crippen LogP contribution is 2.17. The molecule has 0 spiro atoms. The van der Waals surface area contributed by atoms with Gasteiger partial charge in [-0.3, -0.25) is 4.79 Å². The number of hydrogen-bond acceptors (Lipinski definition) is 4. The third-order valence-electron chi connectivity index (χ3n) is 2.88. The Morgan fingerprint density at radius 3 is 2.32 bits per heavy atom. The molecule has 0 N–H and O–H groups in total. The molecule has 1 atom stereocenters. The second-order valence-electron chi connectivity index (χ2n) is 4.60. The van der Waals surface area contributed by atoms with E-state index in [-0.39, 0.29) is 17.6 Å². The Balaban J connectivity index is 2.68. The summed E-state index contributed by atoms with van der Waals surface area (Å²) in [7, 11) is -2.94. The quantitative estimate of drug-likeness (QED) is 0.749. The zero-order valence-electron chi connectivity index (χ0n) is 11.5. The van der Waals surface area contributed by atoms with E-state index in [2.05, 4.69) is 0 Å². The van der Waals surface area contributed by atoms with E-state index < -0.39 is 9.84 Å². The first kappa shape index (κ1) is 15.7. The van der Waals surface area contributed by atoms with Crippen molar-refractivity contribution in [3.8, 4) is 0 Å². The fourth-order valence-electron chi connectivity index (χ4n) is 1.68. The molecule has 19 heavy (non-hydrogen) atoms. The lowest BCUT2D eigenvalue weighted by Crippen LogP contribution is -2.13. The van der Waals surface area contributed by atoms with Gasteiger partial charge in [-0.2, -0.15) is 0 Å². The first-order valence-corrected chi connectivity index (χ1v) is 8.32. The van der Waals surface area contributed by atoms with E-state index in [0.717, 1.165) is 11.1 Å². The molecule has 0 bridgehead atoms. The van der Waals surface area contributed by atoms with Crippen molar-refractivity contribution in [3.05, 3.63) is 35.4 Å². The highest BCUT2D eigenvalue weighted by atomic mass is 32.2. The molecule has 0 heterocycles. The van der Waals surface area contributed by atoms with Gasteiger partial charge < -0.3 is 4.74 Å². The number of carbonyl (C=O) groups excluding carboxylic acids is 1. The average Bonchev–Trinajstić information content (AvgIpc) is 2.35. The fourth-order valence-corrected chi connectivity index (χ4v) is 2.29. The molecule has 1 aromatic carbocycles. The van der Waals surface area contributed by atoms with Gasteiger partial charge in [-0.25, -0.2) is 8.42 Å². The van der Waals surface area contributed by atoms with Crippen molar-refractivity contribution in [1.29, 1.82) is 0 Å². The van der Waals surface area contributed by atoms with Crippen molar-refractivity contribution in [3.63, 3.8) is 0 Å². The number of benzene rings is 1. The summed E-state index contributed by atoms with van der Waals surface area (Å²) in [6, 6.07) is 7.41. The molecule has 0 aliphatic carbocycles. The predicted molar refractivity (Wildman–Crippen MR) is 74.9 cm³/mol. The summed E-state index contributed by atoms with van der Waals surface area (Å²) in [6.45, 7) is 3.94. The maximum Gasteiger partial charge on any atom is 0.313 e. The second-order valence-corrected chi connectivity index (χ2v) is 6.85. The lowest BCUT2D eigenvalue weighted by atomic mass is 9.99. The molecule has 0 aliphatic heterocycles. The molecule has 106 valence electrons. The predicted octanol–water partition coefficient (Wildman–Crippen LogP) is 1.94. The lowest BCUT2D eigenvalue weighted by Gasteiger charge is -2.11. The minimum atomic E-state index is -2.94. The molecule has 4 nitrogen and oxygen atoms in total. The molecule has 0 aliphatic rings. The summed E-state index contributed by atoms with van der Waals surface area (Å²) in [5.41, 5.74) is 1.83. The van der Waals surface area contributed by atoms with Gasteiger partial charge in [0.25, 0.3) is 0 Å². The van der Waals surface area contributed by atoms with Crippen LogP contribution in [0.1, 0.15) is 30.9 Å². The first-order chi connectivity index (χ1) is 8.83. The zero-order valence-corrected chi connectivity index (χ0v) is 12.4. The number of carbonyl (C=O) groups is 1. The van der Waals surface area contributed by atoms with E-state index in [0.29, 0.717) is 13.0 Å². The lowest BCUT2D eigenvalue weighted by molar-refractivity contribution is -0.144. The average molecular weight is 284 g/mol. The van der Waals surface area contributed by atoms with Crippen molar-refractivity contribution in [2.24, 2.45) is 0 Å².